The molecule has 0 saturated heterocycles. The highest BCUT2D eigenvalue weighted by Crippen LogP contribution is 2.36. The summed E-state index contributed by atoms with van der Waals surface area (Å²) in [4.78, 5) is 22.8. The number of hydrogen-bond acceptors (Lipinski definition) is 5. The number of hydrogen-bond donors (Lipinski definition) is 2. The summed E-state index contributed by atoms with van der Waals surface area (Å²) in [5.74, 6) is 0.999. The van der Waals surface area contributed by atoms with Crippen LogP contribution in [-0.2, 0) is 11.2 Å². The van der Waals surface area contributed by atoms with E-state index in [2.05, 4.69) is 21.4 Å². The van der Waals surface area contributed by atoms with Gasteiger partial charge in [0.05, 0.1) is 36.4 Å². The first-order valence-corrected chi connectivity index (χ1v) is 8.59. The molecule has 1 aliphatic heterocycles. The van der Waals surface area contributed by atoms with E-state index in [0.717, 1.165) is 23.2 Å². The van der Waals surface area contributed by atoms with E-state index in [9.17, 15) is 9.90 Å². The second-order valence-electron chi connectivity index (χ2n) is 6.73. The third-order valence-electron chi connectivity index (χ3n) is 4.68. The number of benzene rings is 1. The summed E-state index contributed by atoms with van der Waals surface area (Å²) in [6.07, 6.45) is 4.64. The van der Waals surface area contributed by atoms with Gasteiger partial charge in [-0.25, -0.2) is 4.98 Å². The number of carbonyl (C=O) groups is 1. The molecule has 1 amide bonds. The van der Waals surface area contributed by atoms with Crippen LogP contribution in [0.5, 0.6) is 0 Å². The van der Waals surface area contributed by atoms with Crippen LogP contribution in [-0.4, -0.2) is 40.7 Å². The molecule has 1 atom stereocenters. The van der Waals surface area contributed by atoms with Crippen LogP contribution in [0.25, 0.3) is 11.3 Å². The SMILES string of the molecule is CC(C)[C@H](CO)Nc1cncc(-c2cccc3c2N(C)C(=O)CC3)n1. The fourth-order valence-electron chi connectivity index (χ4n) is 3.11. The number of carbonyl (C=O) groups excluding carboxylic acids is 1. The van der Waals surface area contributed by atoms with Gasteiger partial charge in [-0.3, -0.25) is 9.78 Å². The van der Waals surface area contributed by atoms with Crippen molar-refractivity contribution >= 4 is 17.4 Å². The van der Waals surface area contributed by atoms with Gasteiger partial charge in [0.2, 0.25) is 5.91 Å². The Morgan fingerprint density at radius 1 is 1.28 bits per heavy atom. The average molecular weight is 340 g/mol. The van der Waals surface area contributed by atoms with E-state index in [0.29, 0.717) is 17.9 Å². The second kappa shape index (κ2) is 7.19. The Labute approximate surface area is 147 Å². The zero-order valence-corrected chi connectivity index (χ0v) is 14.9. The molecule has 2 heterocycles. The van der Waals surface area contributed by atoms with Crippen molar-refractivity contribution in [1.29, 1.82) is 0 Å². The predicted octanol–water partition coefficient (Wildman–Crippen LogP) is 2.48. The first-order valence-electron chi connectivity index (χ1n) is 8.59. The van der Waals surface area contributed by atoms with Crippen LogP contribution in [0.1, 0.15) is 25.8 Å². The Balaban J connectivity index is 1.99. The van der Waals surface area contributed by atoms with Gasteiger partial charge in [0.15, 0.2) is 0 Å². The number of rotatable bonds is 5. The molecule has 6 heteroatoms. The van der Waals surface area contributed by atoms with Crippen molar-refractivity contribution in [2.24, 2.45) is 5.92 Å². The number of aryl methyl sites for hydroxylation is 1. The largest absolute Gasteiger partial charge is 0.394 e. The topological polar surface area (TPSA) is 78.4 Å². The fraction of sp³-hybridized carbons (Fsp3) is 0.421. The normalized spacial score (nSPS) is 15.2. The number of amides is 1. The van der Waals surface area contributed by atoms with E-state index in [1.807, 2.05) is 26.0 Å². The number of aliphatic hydroxyl groups excluding tert-OH is 1. The maximum atomic E-state index is 12.1. The van der Waals surface area contributed by atoms with Gasteiger partial charge in [0.1, 0.15) is 5.82 Å². The van der Waals surface area contributed by atoms with Gasteiger partial charge in [0, 0.05) is 19.0 Å². The monoisotopic (exact) mass is 340 g/mol. The minimum atomic E-state index is -0.0847. The lowest BCUT2D eigenvalue weighted by Crippen LogP contribution is -2.31. The number of aromatic nitrogens is 2. The zero-order chi connectivity index (χ0) is 18.0. The molecule has 132 valence electrons. The van der Waals surface area contributed by atoms with Crippen molar-refractivity contribution in [3.63, 3.8) is 0 Å². The summed E-state index contributed by atoms with van der Waals surface area (Å²) in [5.41, 5.74) is 3.67. The molecule has 0 aliphatic carbocycles. The summed E-state index contributed by atoms with van der Waals surface area (Å²) >= 11 is 0. The Hall–Kier alpha value is -2.47. The average Bonchev–Trinajstić information content (AvgIpc) is 2.62. The lowest BCUT2D eigenvalue weighted by Gasteiger charge is -2.28. The number of fused-ring (bicyclic) bond motifs is 1. The molecule has 2 N–H and O–H groups in total. The van der Waals surface area contributed by atoms with Gasteiger partial charge in [-0.2, -0.15) is 0 Å². The lowest BCUT2D eigenvalue weighted by molar-refractivity contribution is -0.118. The molecule has 2 aromatic rings. The summed E-state index contributed by atoms with van der Waals surface area (Å²) < 4.78 is 0. The Bertz CT molecular complexity index is 776. The van der Waals surface area contributed by atoms with Crippen molar-refractivity contribution in [2.45, 2.75) is 32.7 Å². The Morgan fingerprint density at radius 2 is 2.08 bits per heavy atom. The van der Waals surface area contributed by atoms with Gasteiger partial charge in [0.25, 0.3) is 0 Å². The van der Waals surface area contributed by atoms with Crippen LogP contribution < -0.4 is 10.2 Å². The maximum Gasteiger partial charge on any atom is 0.227 e. The maximum absolute atomic E-state index is 12.1. The molecule has 3 rings (SSSR count). The third-order valence-corrected chi connectivity index (χ3v) is 4.68. The molecule has 0 fully saturated rings. The standard InChI is InChI=1S/C19H24N4O2/c1-12(2)16(11-24)22-17-10-20-9-15(21-17)14-6-4-5-13-7-8-18(25)23(3)19(13)14/h4-6,9-10,12,16,24H,7-8,11H2,1-3H3,(H,21,22)/t16-/m0/s1. The summed E-state index contributed by atoms with van der Waals surface area (Å²) in [7, 11) is 1.81. The molecule has 1 aromatic heterocycles. The van der Waals surface area contributed by atoms with Crippen LogP contribution in [0.4, 0.5) is 11.5 Å². The van der Waals surface area contributed by atoms with Gasteiger partial charge < -0.3 is 15.3 Å². The highest BCUT2D eigenvalue weighted by atomic mass is 16.3. The fourth-order valence-corrected chi connectivity index (χ4v) is 3.11. The predicted molar refractivity (Wildman–Crippen MR) is 98.5 cm³/mol. The first-order chi connectivity index (χ1) is 12.0. The third kappa shape index (κ3) is 3.49. The first kappa shape index (κ1) is 17.4. The molecule has 1 aliphatic rings. The van der Waals surface area contributed by atoms with Crippen LogP contribution in [0.2, 0.25) is 0 Å². The molecule has 1 aromatic carbocycles. The van der Waals surface area contributed by atoms with Gasteiger partial charge in [-0.1, -0.05) is 32.0 Å². The highest BCUT2D eigenvalue weighted by molar-refractivity contribution is 6.00. The number of nitrogens with zero attached hydrogens (tertiary/aromatic N) is 3. The number of aliphatic hydroxyl groups is 1. The Morgan fingerprint density at radius 3 is 2.80 bits per heavy atom. The molecule has 25 heavy (non-hydrogen) atoms. The van der Waals surface area contributed by atoms with Gasteiger partial charge in [-0.15, -0.1) is 0 Å². The number of anilines is 2. The quantitative estimate of drug-likeness (QED) is 0.874. The summed E-state index contributed by atoms with van der Waals surface area (Å²) in [6.45, 7) is 4.11. The molecule has 0 radical (unpaired) electrons. The van der Waals surface area contributed by atoms with Crippen molar-refractivity contribution in [1.82, 2.24) is 9.97 Å². The summed E-state index contributed by atoms with van der Waals surface area (Å²) in [6, 6.07) is 5.92. The minimum absolute atomic E-state index is 0.0293. The van der Waals surface area contributed by atoms with Gasteiger partial charge in [-0.05, 0) is 17.9 Å². The van der Waals surface area contributed by atoms with Crippen LogP contribution in [0.15, 0.2) is 30.6 Å². The molecular weight excluding hydrogens is 316 g/mol. The number of nitrogens with one attached hydrogen (secondary N) is 1. The molecule has 6 nitrogen and oxygen atoms in total. The van der Waals surface area contributed by atoms with E-state index in [1.54, 1.807) is 24.3 Å². The second-order valence-corrected chi connectivity index (χ2v) is 6.73. The van der Waals surface area contributed by atoms with Crippen molar-refractivity contribution in [3.05, 3.63) is 36.2 Å². The van der Waals surface area contributed by atoms with Crippen LogP contribution in [0.3, 0.4) is 0 Å². The van der Waals surface area contributed by atoms with E-state index < -0.39 is 0 Å². The molecule has 0 spiro atoms. The van der Waals surface area contributed by atoms with E-state index in [4.69, 9.17) is 0 Å². The molecule has 0 saturated carbocycles. The van der Waals surface area contributed by atoms with E-state index in [1.165, 1.54) is 0 Å². The van der Waals surface area contributed by atoms with Crippen molar-refractivity contribution < 1.29 is 9.90 Å². The highest BCUT2D eigenvalue weighted by Gasteiger charge is 2.24. The number of para-hydroxylation sites is 1. The molecule has 0 bridgehead atoms. The van der Waals surface area contributed by atoms with Crippen LogP contribution >= 0.6 is 0 Å². The minimum Gasteiger partial charge on any atom is -0.394 e. The van der Waals surface area contributed by atoms with Crippen molar-refractivity contribution in [3.8, 4) is 11.3 Å². The van der Waals surface area contributed by atoms with Gasteiger partial charge >= 0.3 is 0 Å². The zero-order valence-electron chi connectivity index (χ0n) is 14.9. The summed E-state index contributed by atoms with van der Waals surface area (Å²) in [5, 5.41) is 12.7. The van der Waals surface area contributed by atoms with Crippen LogP contribution in [0, 0.1) is 5.92 Å². The molecule has 0 unspecified atom stereocenters. The van der Waals surface area contributed by atoms with E-state index in [-0.39, 0.29) is 24.5 Å². The lowest BCUT2D eigenvalue weighted by atomic mass is 9.96. The Kier molecular flexibility index (Phi) is 4.99. The van der Waals surface area contributed by atoms with E-state index >= 15 is 0 Å². The smallest absolute Gasteiger partial charge is 0.227 e. The van der Waals surface area contributed by atoms with Crippen molar-refractivity contribution in [2.75, 3.05) is 23.9 Å². The molecular formula is C19H24N4O2.